The zero-order valence-electron chi connectivity index (χ0n) is 8.47. The fourth-order valence-electron chi connectivity index (χ4n) is 1.45. The molecule has 0 aromatic heterocycles. The molecule has 2 N–H and O–H groups in total. The molecule has 0 saturated carbocycles. The van der Waals surface area contributed by atoms with Crippen LogP contribution < -0.4 is 5.73 Å². The van der Waals surface area contributed by atoms with Crippen LogP contribution in [0.5, 0.6) is 0 Å². The van der Waals surface area contributed by atoms with E-state index in [4.69, 9.17) is 5.73 Å². The maximum atomic E-state index is 11.6. The predicted octanol–water partition coefficient (Wildman–Crippen LogP) is 2.12. The minimum atomic E-state index is -0.222. The lowest BCUT2D eigenvalue weighted by Gasteiger charge is -2.16. The lowest BCUT2D eigenvalue weighted by Crippen LogP contribution is -2.35. The quantitative estimate of drug-likeness (QED) is 0.665. The Morgan fingerprint density at radius 1 is 1.25 bits per heavy atom. The average Bonchev–Trinajstić information content (AvgIpc) is 2.07. The van der Waals surface area contributed by atoms with E-state index in [1.165, 1.54) is 0 Å². The van der Waals surface area contributed by atoms with Crippen molar-refractivity contribution in [2.45, 2.75) is 52.5 Å². The molecule has 72 valence electrons. The van der Waals surface area contributed by atoms with Crippen molar-refractivity contribution in [3.63, 3.8) is 0 Å². The number of hydrogen-bond donors (Lipinski definition) is 1. The molecule has 0 aliphatic heterocycles. The molecule has 0 aromatic carbocycles. The van der Waals surface area contributed by atoms with Crippen LogP contribution >= 0.6 is 0 Å². The second-order valence-electron chi connectivity index (χ2n) is 3.31. The van der Waals surface area contributed by atoms with Gasteiger partial charge in [-0.25, -0.2) is 0 Å². The highest BCUT2D eigenvalue weighted by Gasteiger charge is 2.20. The molecular weight excluding hydrogens is 150 g/mol. The first-order chi connectivity index (χ1) is 5.67. The fraction of sp³-hybridized carbons (Fsp3) is 0.900. The van der Waals surface area contributed by atoms with Gasteiger partial charge in [0.15, 0.2) is 5.78 Å². The average molecular weight is 171 g/mol. The summed E-state index contributed by atoms with van der Waals surface area (Å²) in [6, 6.07) is -0.222. The lowest BCUT2D eigenvalue weighted by atomic mass is 9.92. The number of carbonyl (C=O) groups excluding carboxylic acids is 1. The Labute approximate surface area is 75.5 Å². The van der Waals surface area contributed by atoms with Crippen LogP contribution in [0, 0.1) is 5.92 Å². The molecule has 1 unspecified atom stereocenters. The van der Waals surface area contributed by atoms with E-state index in [-0.39, 0.29) is 17.7 Å². The van der Waals surface area contributed by atoms with Gasteiger partial charge >= 0.3 is 0 Å². The SMILES string of the molecule is CCCC(N)C(=O)C(CC)CC. The van der Waals surface area contributed by atoms with Crippen molar-refractivity contribution in [2.75, 3.05) is 0 Å². The van der Waals surface area contributed by atoms with E-state index < -0.39 is 0 Å². The van der Waals surface area contributed by atoms with Gasteiger partial charge in [0.25, 0.3) is 0 Å². The third kappa shape index (κ3) is 3.35. The lowest BCUT2D eigenvalue weighted by molar-refractivity contribution is -0.124. The van der Waals surface area contributed by atoms with Crippen LogP contribution in [0.1, 0.15) is 46.5 Å². The van der Waals surface area contributed by atoms with Gasteiger partial charge in [0.1, 0.15) is 0 Å². The number of hydrogen-bond acceptors (Lipinski definition) is 2. The number of nitrogens with two attached hydrogens (primary N) is 1. The first-order valence-electron chi connectivity index (χ1n) is 4.96. The van der Waals surface area contributed by atoms with E-state index in [0.717, 1.165) is 25.7 Å². The predicted molar refractivity (Wildman–Crippen MR) is 52.0 cm³/mol. The number of Topliss-reactive ketones (excluding diaryl/α,β-unsaturated/α-hetero) is 1. The van der Waals surface area contributed by atoms with Crippen LogP contribution in [0.4, 0.5) is 0 Å². The summed E-state index contributed by atoms with van der Waals surface area (Å²) in [7, 11) is 0. The summed E-state index contributed by atoms with van der Waals surface area (Å²) >= 11 is 0. The molecule has 0 amide bonds. The van der Waals surface area contributed by atoms with Gasteiger partial charge in [0.05, 0.1) is 6.04 Å². The summed E-state index contributed by atoms with van der Waals surface area (Å²) in [4.78, 5) is 11.6. The third-order valence-electron chi connectivity index (χ3n) is 2.35. The van der Waals surface area contributed by atoms with Crippen LogP contribution in [0.25, 0.3) is 0 Å². The molecule has 0 aliphatic carbocycles. The van der Waals surface area contributed by atoms with Crippen molar-refractivity contribution in [3.8, 4) is 0 Å². The van der Waals surface area contributed by atoms with E-state index in [1.807, 2.05) is 13.8 Å². The second kappa shape index (κ2) is 6.18. The maximum Gasteiger partial charge on any atom is 0.152 e. The molecular formula is C10H21NO. The molecule has 0 spiro atoms. The Morgan fingerprint density at radius 2 is 1.75 bits per heavy atom. The smallest absolute Gasteiger partial charge is 0.152 e. The second-order valence-corrected chi connectivity index (χ2v) is 3.31. The topological polar surface area (TPSA) is 43.1 Å². The van der Waals surface area contributed by atoms with Crippen molar-refractivity contribution >= 4 is 5.78 Å². The molecule has 2 heteroatoms. The summed E-state index contributed by atoms with van der Waals surface area (Å²) in [6.45, 7) is 6.15. The fourth-order valence-corrected chi connectivity index (χ4v) is 1.45. The summed E-state index contributed by atoms with van der Waals surface area (Å²) in [6.07, 6.45) is 3.67. The first-order valence-corrected chi connectivity index (χ1v) is 4.96. The van der Waals surface area contributed by atoms with Gasteiger partial charge in [-0.2, -0.15) is 0 Å². The largest absolute Gasteiger partial charge is 0.321 e. The van der Waals surface area contributed by atoms with Gasteiger partial charge in [-0.3, -0.25) is 4.79 Å². The molecule has 0 saturated heterocycles. The highest BCUT2D eigenvalue weighted by atomic mass is 16.1. The van der Waals surface area contributed by atoms with E-state index in [0.29, 0.717) is 0 Å². The maximum absolute atomic E-state index is 11.6. The van der Waals surface area contributed by atoms with E-state index >= 15 is 0 Å². The Hall–Kier alpha value is -0.370. The third-order valence-corrected chi connectivity index (χ3v) is 2.35. The van der Waals surface area contributed by atoms with Gasteiger partial charge in [-0.1, -0.05) is 27.2 Å². The summed E-state index contributed by atoms with van der Waals surface area (Å²) in [5.41, 5.74) is 5.73. The van der Waals surface area contributed by atoms with Crippen molar-refractivity contribution in [1.29, 1.82) is 0 Å². The Kier molecular flexibility index (Phi) is 5.99. The van der Waals surface area contributed by atoms with Gasteiger partial charge in [0, 0.05) is 5.92 Å². The molecule has 0 aliphatic rings. The van der Waals surface area contributed by atoms with Crippen molar-refractivity contribution in [2.24, 2.45) is 11.7 Å². The summed E-state index contributed by atoms with van der Waals surface area (Å²) in [5, 5.41) is 0. The van der Waals surface area contributed by atoms with Crippen LogP contribution in [0.15, 0.2) is 0 Å². The Morgan fingerprint density at radius 3 is 2.08 bits per heavy atom. The minimum absolute atomic E-state index is 0.187. The Bertz CT molecular complexity index is 130. The molecule has 0 aromatic rings. The Balaban J connectivity index is 3.97. The molecule has 0 rings (SSSR count). The first kappa shape index (κ1) is 11.6. The van der Waals surface area contributed by atoms with Gasteiger partial charge in [-0.15, -0.1) is 0 Å². The van der Waals surface area contributed by atoms with Crippen LogP contribution in [0.3, 0.4) is 0 Å². The molecule has 12 heavy (non-hydrogen) atoms. The van der Waals surface area contributed by atoms with E-state index in [9.17, 15) is 4.79 Å². The molecule has 0 bridgehead atoms. The van der Waals surface area contributed by atoms with E-state index in [2.05, 4.69) is 6.92 Å². The monoisotopic (exact) mass is 171 g/mol. The zero-order valence-corrected chi connectivity index (χ0v) is 8.47. The van der Waals surface area contributed by atoms with Crippen molar-refractivity contribution in [1.82, 2.24) is 0 Å². The van der Waals surface area contributed by atoms with E-state index in [1.54, 1.807) is 0 Å². The number of ketones is 1. The molecule has 0 heterocycles. The zero-order chi connectivity index (χ0) is 9.56. The minimum Gasteiger partial charge on any atom is -0.321 e. The van der Waals surface area contributed by atoms with Gasteiger partial charge in [-0.05, 0) is 19.3 Å². The van der Waals surface area contributed by atoms with Crippen molar-refractivity contribution < 1.29 is 4.79 Å². The number of carbonyl (C=O) groups is 1. The standard InChI is InChI=1S/C10H21NO/c1-4-7-9(11)10(12)8(5-2)6-3/h8-9H,4-7,11H2,1-3H3. The summed E-state index contributed by atoms with van der Waals surface area (Å²) in [5.74, 6) is 0.438. The van der Waals surface area contributed by atoms with Crippen molar-refractivity contribution in [3.05, 3.63) is 0 Å². The van der Waals surface area contributed by atoms with Gasteiger partial charge in [0.2, 0.25) is 0 Å². The van der Waals surface area contributed by atoms with Crippen LogP contribution in [0.2, 0.25) is 0 Å². The van der Waals surface area contributed by atoms with Crippen LogP contribution in [-0.2, 0) is 4.79 Å². The number of rotatable bonds is 6. The highest BCUT2D eigenvalue weighted by Crippen LogP contribution is 2.12. The molecule has 0 radical (unpaired) electrons. The van der Waals surface area contributed by atoms with Gasteiger partial charge < -0.3 is 5.73 Å². The normalized spacial score (nSPS) is 13.4. The molecule has 1 atom stereocenters. The highest BCUT2D eigenvalue weighted by molar-refractivity contribution is 5.85. The summed E-state index contributed by atoms with van der Waals surface area (Å²) < 4.78 is 0. The van der Waals surface area contributed by atoms with Crippen LogP contribution in [-0.4, -0.2) is 11.8 Å². The molecule has 2 nitrogen and oxygen atoms in total. The molecule has 0 fully saturated rings.